The quantitative estimate of drug-likeness (QED) is 0.0985. The SMILES string of the molecule is CCCCCCCCCCc1[nH]cc[n+]1C.c1ccc([B-](c2ccccc2)(c2ccccc2)c2ccccc2)cc1. The summed E-state index contributed by atoms with van der Waals surface area (Å²) in [6.45, 7) is 2.27. The molecule has 0 aliphatic heterocycles. The van der Waals surface area contributed by atoms with Crippen LogP contribution >= 0.6 is 0 Å². The summed E-state index contributed by atoms with van der Waals surface area (Å²) >= 11 is 0. The number of H-pyrrole nitrogens is 1. The van der Waals surface area contributed by atoms with E-state index in [1.807, 2.05) is 6.20 Å². The van der Waals surface area contributed by atoms with E-state index in [-0.39, 0.29) is 0 Å². The second-order valence-electron chi connectivity index (χ2n) is 11.3. The van der Waals surface area contributed by atoms with Crippen LogP contribution in [0.3, 0.4) is 0 Å². The minimum Gasteiger partial charge on any atom is -0.248 e. The summed E-state index contributed by atoms with van der Waals surface area (Å²) in [6.07, 6.45) is 15.2. The Morgan fingerprint density at radius 2 is 0.878 bits per heavy atom. The Morgan fingerprint density at radius 1 is 0.512 bits per heavy atom. The van der Waals surface area contributed by atoms with Gasteiger partial charge in [-0.05, 0) is 6.42 Å². The van der Waals surface area contributed by atoms with Crippen molar-refractivity contribution in [2.45, 2.75) is 64.7 Å². The van der Waals surface area contributed by atoms with Crippen molar-refractivity contribution >= 4 is 28.0 Å². The van der Waals surface area contributed by atoms with Crippen LogP contribution in [0.1, 0.15) is 64.1 Å². The van der Waals surface area contributed by atoms with Gasteiger partial charge in [-0.2, -0.15) is 21.9 Å². The average molecular weight is 543 g/mol. The van der Waals surface area contributed by atoms with Gasteiger partial charge in [0.15, 0.2) is 0 Å². The molecule has 2 nitrogen and oxygen atoms in total. The fourth-order valence-corrected chi connectivity index (χ4v) is 6.23. The molecule has 0 fully saturated rings. The number of hydrogen-bond donors (Lipinski definition) is 1. The summed E-state index contributed by atoms with van der Waals surface area (Å²) in [4.78, 5) is 3.29. The fourth-order valence-electron chi connectivity index (χ4n) is 6.23. The Labute approximate surface area is 248 Å². The molecule has 0 spiro atoms. The lowest BCUT2D eigenvalue weighted by Crippen LogP contribution is -2.74. The van der Waals surface area contributed by atoms with E-state index in [1.54, 1.807) is 0 Å². The fraction of sp³-hybridized carbons (Fsp3) is 0.289. The molecule has 1 heterocycles. The summed E-state index contributed by atoms with van der Waals surface area (Å²) in [5.41, 5.74) is 5.36. The maximum absolute atomic E-state index is 3.29. The maximum atomic E-state index is 3.29. The van der Waals surface area contributed by atoms with Crippen LogP contribution in [0.2, 0.25) is 0 Å². The Balaban J connectivity index is 0.000000210. The maximum Gasteiger partial charge on any atom is 0.253 e. The van der Waals surface area contributed by atoms with Gasteiger partial charge in [-0.15, -0.1) is 0 Å². The Bertz CT molecular complexity index is 1200. The van der Waals surface area contributed by atoms with Gasteiger partial charge < -0.3 is 0 Å². The zero-order valence-corrected chi connectivity index (χ0v) is 25.1. The molecule has 1 aromatic heterocycles. The number of hydrogen-bond acceptors (Lipinski definition) is 0. The smallest absolute Gasteiger partial charge is 0.248 e. The van der Waals surface area contributed by atoms with Crippen molar-refractivity contribution in [2.24, 2.45) is 7.05 Å². The predicted molar refractivity (Wildman–Crippen MR) is 178 cm³/mol. The summed E-state index contributed by atoms with van der Waals surface area (Å²) < 4.78 is 2.18. The van der Waals surface area contributed by atoms with Crippen molar-refractivity contribution in [1.29, 1.82) is 0 Å². The molecule has 0 amide bonds. The van der Waals surface area contributed by atoms with Crippen LogP contribution in [-0.2, 0) is 13.5 Å². The molecule has 0 saturated carbocycles. The minimum absolute atomic E-state index is 1.19. The molecule has 0 atom stereocenters. The largest absolute Gasteiger partial charge is 0.253 e. The number of benzene rings is 4. The standard InChI is InChI=1S/C24H20B.C14H26N2/c1-5-13-21(14-6-1)25(22-15-7-2-8-16-22,23-17-9-3-10-18-23)24-19-11-4-12-20-24;1-3-4-5-6-7-8-9-10-11-14-15-12-13-16(14)2/h1-20H;12-13H,3-11H2,1-2H3/q-1;/p+1. The van der Waals surface area contributed by atoms with E-state index in [1.165, 1.54) is 85.5 Å². The van der Waals surface area contributed by atoms with E-state index < -0.39 is 6.15 Å². The first-order chi connectivity index (χ1) is 20.3. The van der Waals surface area contributed by atoms with Crippen molar-refractivity contribution in [2.75, 3.05) is 0 Å². The molecule has 0 unspecified atom stereocenters. The number of rotatable bonds is 13. The van der Waals surface area contributed by atoms with Gasteiger partial charge in [0.05, 0.1) is 7.05 Å². The average Bonchev–Trinajstić information content (AvgIpc) is 3.45. The van der Waals surface area contributed by atoms with Gasteiger partial charge in [-0.3, -0.25) is 0 Å². The number of nitrogens with one attached hydrogen (secondary N) is 1. The monoisotopic (exact) mass is 542 g/mol. The number of aromatic nitrogens is 2. The van der Waals surface area contributed by atoms with E-state index in [9.17, 15) is 0 Å². The van der Waals surface area contributed by atoms with Gasteiger partial charge in [0, 0.05) is 6.42 Å². The van der Waals surface area contributed by atoms with Gasteiger partial charge in [0.2, 0.25) is 0 Å². The zero-order chi connectivity index (χ0) is 28.6. The van der Waals surface area contributed by atoms with Gasteiger partial charge in [0.1, 0.15) is 18.5 Å². The van der Waals surface area contributed by atoms with E-state index in [4.69, 9.17) is 0 Å². The van der Waals surface area contributed by atoms with Crippen molar-refractivity contribution in [3.8, 4) is 0 Å². The highest BCUT2D eigenvalue weighted by molar-refractivity contribution is 7.19. The van der Waals surface area contributed by atoms with Crippen molar-refractivity contribution < 1.29 is 4.57 Å². The van der Waals surface area contributed by atoms with Crippen LogP contribution in [0.25, 0.3) is 0 Å². The minimum atomic E-state index is -1.22. The van der Waals surface area contributed by atoms with Crippen LogP contribution in [0.15, 0.2) is 134 Å². The Hall–Kier alpha value is -3.85. The predicted octanol–water partition coefficient (Wildman–Crippen LogP) is 6.59. The van der Waals surface area contributed by atoms with E-state index in [0.717, 1.165) is 0 Å². The molecular weight excluding hydrogens is 495 g/mol. The van der Waals surface area contributed by atoms with Gasteiger partial charge in [-0.1, -0.05) is 173 Å². The number of aryl methyl sites for hydroxylation is 2. The van der Waals surface area contributed by atoms with E-state index >= 15 is 0 Å². The molecule has 4 aromatic carbocycles. The van der Waals surface area contributed by atoms with E-state index in [2.05, 4.69) is 151 Å². The topological polar surface area (TPSA) is 19.7 Å². The highest BCUT2D eigenvalue weighted by atomic mass is 15.0. The molecule has 0 radical (unpaired) electrons. The van der Waals surface area contributed by atoms with Crippen LogP contribution in [0.5, 0.6) is 0 Å². The lowest BCUT2D eigenvalue weighted by Gasteiger charge is -2.44. The van der Waals surface area contributed by atoms with Crippen LogP contribution in [-0.4, -0.2) is 11.1 Å². The normalized spacial score (nSPS) is 11.1. The molecule has 0 bridgehead atoms. The van der Waals surface area contributed by atoms with Gasteiger partial charge in [-0.25, -0.2) is 9.55 Å². The molecule has 41 heavy (non-hydrogen) atoms. The van der Waals surface area contributed by atoms with Crippen molar-refractivity contribution in [1.82, 2.24) is 4.98 Å². The molecule has 0 aliphatic rings. The molecule has 5 aromatic rings. The third kappa shape index (κ3) is 8.10. The number of nitrogens with zero attached hydrogens (tertiary/aromatic N) is 1. The van der Waals surface area contributed by atoms with E-state index in [0.29, 0.717) is 0 Å². The molecule has 3 heteroatoms. The summed E-state index contributed by atoms with van der Waals surface area (Å²) in [5.74, 6) is 1.35. The lowest BCUT2D eigenvalue weighted by atomic mass is 9.13. The van der Waals surface area contributed by atoms with Gasteiger partial charge >= 0.3 is 0 Å². The molecule has 0 saturated heterocycles. The summed E-state index contributed by atoms with van der Waals surface area (Å²) in [6, 6.07) is 43.5. The second kappa shape index (κ2) is 16.4. The number of aromatic amines is 1. The third-order valence-electron chi connectivity index (χ3n) is 8.44. The zero-order valence-electron chi connectivity index (χ0n) is 25.1. The Kier molecular flexibility index (Phi) is 12.1. The molecule has 0 aliphatic carbocycles. The first-order valence-electron chi connectivity index (χ1n) is 15.7. The molecule has 212 valence electrons. The van der Waals surface area contributed by atoms with Gasteiger partial charge in [0.25, 0.3) is 5.82 Å². The Morgan fingerprint density at radius 3 is 1.22 bits per heavy atom. The number of imidazole rings is 1. The van der Waals surface area contributed by atoms with Crippen LogP contribution in [0, 0.1) is 0 Å². The van der Waals surface area contributed by atoms with Crippen molar-refractivity contribution in [3.63, 3.8) is 0 Å². The first kappa shape index (κ1) is 30.1. The first-order valence-corrected chi connectivity index (χ1v) is 15.7. The second-order valence-corrected chi connectivity index (χ2v) is 11.3. The highest BCUT2D eigenvalue weighted by Crippen LogP contribution is 2.10. The van der Waals surface area contributed by atoms with Crippen LogP contribution in [0.4, 0.5) is 0 Å². The molecule has 1 N–H and O–H groups in total. The van der Waals surface area contributed by atoms with Crippen molar-refractivity contribution in [3.05, 3.63) is 140 Å². The molecule has 5 rings (SSSR count). The lowest BCUT2D eigenvalue weighted by molar-refractivity contribution is -0.677. The third-order valence-corrected chi connectivity index (χ3v) is 8.44. The highest BCUT2D eigenvalue weighted by Gasteiger charge is 2.31. The summed E-state index contributed by atoms with van der Waals surface area (Å²) in [5, 5.41) is 0. The number of unbranched alkanes of at least 4 members (excludes halogenated alkanes) is 7. The van der Waals surface area contributed by atoms with Crippen LogP contribution < -0.4 is 26.4 Å². The molecular formula is C38H47BN2. The summed E-state index contributed by atoms with van der Waals surface area (Å²) in [7, 11) is 2.11.